The second-order valence-corrected chi connectivity index (χ2v) is 5.08. The summed E-state index contributed by atoms with van der Waals surface area (Å²) >= 11 is 9.29. The third-order valence-electron chi connectivity index (χ3n) is 2.81. The van der Waals surface area contributed by atoms with Crippen LogP contribution in [0.5, 0.6) is 0 Å². The summed E-state index contributed by atoms with van der Waals surface area (Å²) in [6.07, 6.45) is 1.71. The summed E-state index contributed by atoms with van der Waals surface area (Å²) in [7, 11) is 0. The van der Waals surface area contributed by atoms with Crippen LogP contribution in [-0.2, 0) is 0 Å². The van der Waals surface area contributed by atoms with Gasteiger partial charge in [-0.25, -0.2) is 4.98 Å². The van der Waals surface area contributed by atoms with Crippen LogP contribution >= 0.6 is 27.5 Å². The zero-order valence-electron chi connectivity index (χ0n) is 9.07. The third kappa shape index (κ3) is 3.09. The molecule has 0 amide bonds. The molecule has 0 spiro atoms. The molecule has 1 aliphatic rings. The molecular formula is C11H15BrClN3. The Hall–Kier alpha value is -0.320. The fourth-order valence-corrected chi connectivity index (χ4v) is 2.49. The zero-order valence-corrected chi connectivity index (χ0v) is 11.4. The summed E-state index contributed by atoms with van der Waals surface area (Å²) in [5, 5.41) is 1.74. The van der Waals surface area contributed by atoms with Gasteiger partial charge in [-0.05, 0) is 12.1 Å². The molecule has 5 heteroatoms. The van der Waals surface area contributed by atoms with Crippen LogP contribution in [0.2, 0.25) is 5.02 Å². The molecule has 0 saturated carbocycles. The number of halogens is 2. The number of rotatable bonds is 3. The van der Waals surface area contributed by atoms with E-state index in [1.165, 1.54) is 0 Å². The van der Waals surface area contributed by atoms with E-state index < -0.39 is 0 Å². The first-order chi connectivity index (χ1) is 7.79. The lowest BCUT2D eigenvalue weighted by atomic mass is 10.3. The van der Waals surface area contributed by atoms with E-state index in [2.05, 4.69) is 30.7 Å². The number of hydrogen-bond acceptors (Lipinski definition) is 3. The molecule has 3 nitrogen and oxygen atoms in total. The van der Waals surface area contributed by atoms with E-state index in [0.717, 1.165) is 43.9 Å². The lowest BCUT2D eigenvalue weighted by Gasteiger charge is -2.35. The van der Waals surface area contributed by atoms with Crippen molar-refractivity contribution in [2.45, 2.75) is 0 Å². The summed E-state index contributed by atoms with van der Waals surface area (Å²) in [5.74, 6) is 1.03. The molecule has 1 fully saturated rings. The number of nitrogens with zero attached hydrogens (tertiary/aromatic N) is 3. The molecule has 0 N–H and O–H groups in total. The molecule has 0 aromatic carbocycles. The predicted octanol–water partition coefficient (Wildman–Crippen LogP) is 2.25. The molecule has 2 heterocycles. The summed E-state index contributed by atoms with van der Waals surface area (Å²) < 4.78 is 0. The van der Waals surface area contributed by atoms with Crippen molar-refractivity contribution in [1.82, 2.24) is 9.88 Å². The number of pyridine rings is 1. The van der Waals surface area contributed by atoms with Gasteiger partial charge in [0.15, 0.2) is 0 Å². The monoisotopic (exact) mass is 303 g/mol. The zero-order chi connectivity index (χ0) is 11.4. The highest BCUT2D eigenvalue weighted by molar-refractivity contribution is 9.09. The Labute approximate surface area is 110 Å². The number of hydrogen-bond donors (Lipinski definition) is 0. The van der Waals surface area contributed by atoms with Crippen LogP contribution in [0.25, 0.3) is 0 Å². The molecule has 1 aromatic rings. The van der Waals surface area contributed by atoms with Gasteiger partial charge >= 0.3 is 0 Å². The van der Waals surface area contributed by atoms with Gasteiger partial charge in [0, 0.05) is 44.3 Å². The molecule has 0 atom stereocenters. The third-order valence-corrected chi connectivity index (χ3v) is 3.39. The Morgan fingerprint density at radius 3 is 2.56 bits per heavy atom. The van der Waals surface area contributed by atoms with E-state index in [9.17, 15) is 0 Å². The van der Waals surface area contributed by atoms with E-state index in [4.69, 9.17) is 11.6 Å². The van der Waals surface area contributed by atoms with Crippen molar-refractivity contribution >= 4 is 33.3 Å². The van der Waals surface area contributed by atoms with E-state index in [1.807, 2.05) is 12.1 Å². The smallest absolute Gasteiger partial charge is 0.128 e. The summed E-state index contributed by atoms with van der Waals surface area (Å²) in [6.45, 7) is 5.43. The summed E-state index contributed by atoms with van der Waals surface area (Å²) in [6, 6.07) is 3.89. The minimum absolute atomic E-state index is 0.696. The molecular weight excluding hydrogens is 289 g/mol. The van der Waals surface area contributed by atoms with Crippen molar-refractivity contribution in [2.24, 2.45) is 0 Å². The van der Waals surface area contributed by atoms with Crippen molar-refractivity contribution in [2.75, 3.05) is 43.0 Å². The van der Waals surface area contributed by atoms with Crippen LogP contribution < -0.4 is 4.90 Å². The van der Waals surface area contributed by atoms with E-state index in [1.54, 1.807) is 6.20 Å². The van der Waals surface area contributed by atoms with Crippen LogP contribution in [0.1, 0.15) is 0 Å². The molecule has 2 rings (SSSR count). The van der Waals surface area contributed by atoms with Crippen LogP contribution in [0, 0.1) is 0 Å². The van der Waals surface area contributed by atoms with Gasteiger partial charge in [0.1, 0.15) is 5.82 Å². The maximum atomic E-state index is 5.82. The Balaban J connectivity index is 1.91. The van der Waals surface area contributed by atoms with Crippen LogP contribution in [-0.4, -0.2) is 47.9 Å². The molecule has 1 aliphatic heterocycles. The lowest BCUT2D eigenvalue weighted by Crippen LogP contribution is -2.47. The number of piperazine rings is 1. The fraction of sp³-hybridized carbons (Fsp3) is 0.545. The summed E-state index contributed by atoms with van der Waals surface area (Å²) in [4.78, 5) is 9.11. The SMILES string of the molecule is Clc1ccc(N2CCN(CCBr)CC2)nc1. The Kier molecular flexibility index (Phi) is 4.44. The van der Waals surface area contributed by atoms with Gasteiger partial charge in [-0.1, -0.05) is 27.5 Å². The predicted molar refractivity (Wildman–Crippen MR) is 71.7 cm³/mol. The average molecular weight is 305 g/mol. The van der Waals surface area contributed by atoms with Crippen molar-refractivity contribution in [3.63, 3.8) is 0 Å². The molecule has 0 radical (unpaired) electrons. The topological polar surface area (TPSA) is 19.4 Å². The lowest BCUT2D eigenvalue weighted by molar-refractivity contribution is 0.273. The van der Waals surface area contributed by atoms with Gasteiger partial charge in [-0.15, -0.1) is 0 Å². The highest BCUT2D eigenvalue weighted by Gasteiger charge is 2.16. The first-order valence-electron chi connectivity index (χ1n) is 5.44. The highest BCUT2D eigenvalue weighted by Crippen LogP contribution is 2.15. The van der Waals surface area contributed by atoms with Crippen molar-refractivity contribution < 1.29 is 0 Å². The average Bonchev–Trinajstić information content (AvgIpc) is 2.32. The largest absolute Gasteiger partial charge is 0.354 e. The number of aromatic nitrogens is 1. The summed E-state index contributed by atoms with van der Waals surface area (Å²) in [5.41, 5.74) is 0. The van der Waals surface area contributed by atoms with Crippen molar-refractivity contribution in [1.29, 1.82) is 0 Å². The minimum atomic E-state index is 0.696. The Morgan fingerprint density at radius 2 is 2.00 bits per heavy atom. The fourth-order valence-electron chi connectivity index (χ4n) is 1.88. The van der Waals surface area contributed by atoms with Gasteiger partial charge in [0.2, 0.25) is 0 Å². The molecule has 16 heavy (non-hydrogen) atoms. The number of anilines is 1. The van der Waals surface area contributed by atoms with Crippen molar-refractivity contribution in [3.8, 4) is 0 Å². The second-order valence-electron chi connectivity index (χ2n) is 3.85. The van der Waals surface area contributed by atoms with Gasteiger partial charge in [-0.2, -0.15) is 0 Å². The molecule has 0 bridgehead atoms. The van der Waals surface area contributed by atoms with Gasteiger partial charge in [0.25, 0.3) is 0 Å². The maximum Gasteiger partial charge on any atom is 0.128 e. The minimum Gasteiger partial charge on any atom is -0.354 e. The van der Waals surface area contributed by atoms with Crippen molar-refractivity contribution in [3.05, 3.63) is 23.4 Å². The first-order valence-corrected chi connectivity index (χ1v) is 6.94. The second kappa shape index (κ2) is 5.84. The maximum absolute atomic E-state index is 5.82. The van der Waals surface area contributed by atoms with E-state index in [-0.39, 0.29) is 0 Å². The Morgan fingerprint density at radius 1 is 1.25 bits per heavy atom. The highest BCUT2D eigenvalue weighted by atomic mass is 79.9. The van der Waals surface area contributed by atoms with Gasteiger partial charge in [-0.3, -0.25) is 4.90 Å². The first kappa shape index (κ1) is 12.1. The quantitative estimate of drug-likeness (QED) is 0.799. The molecule has 1 saturated heterocycles. The van der Waals surface area contributed by atoms with Gasteiger partial charge < -0.3 is 4.90 Å². The van der Waals surface area contributed by atoms with Crippen LogP contribution in [0.4, 0.5) is 5.82 Å². The van der Waals surface area contributed by atoms with E-state index >= 15 is 0 Å². The Bertz CT molecular complexity index is 323. The number of alkyl halides is 1. The van der Waals surface area contributed by atoms with Crippen LogP contribution in [0.3, 0.4) is 0 Å². The molecule has 1 aromatic heterocycles. The van der Waals surface area contributed by atoms with Gasteiger partial charge in [0.05, 0.1) is 5.02 Å². The molecule has 88 valence electrons. The molecule has 0 unspecified atom stereocenters. The van der Waals surface area contributed by atoms with Crippen LogP contribution in [0.15, 0.2) is 18.3 Å². The molecule has 0 aliphatic carbocycles. The normalized spacial score (nSPS) is 17.8. The standard InChI is InChI=1S/C11H15BrClN3/c12-3-4-15-5-7-16(8-6-15)11-2-1-10(13)9-14-11/h1-2,9H,3-8H2. The van der Waals surface area contributed by atoms with E-state index in [0.29, 0.717) is 5.02 Å².